The van der Waals surface area contributed by atoms with Crippen LogP contribution in [0.5, 0.6) is 0 Å². The fourth-order valence-corrected chi connectivity index (χ4v) is 4.62. The van der Waals surface area contributed by atoms with Crippen molar-refractivity contribution in [2.24, 2.45) is 5.73 Å². The molecule has 1 unspecified atom stereocenters. The first-order chi connectivity index (χ1) is 8.05. The summed E-state index contributed by atoms with van der Waals surface area (Å²) in [5, 5.41) is 0. The number of hydrogen-bond acceptors (Lipinski definition) is 5. The Hall–Kier alpha value is -0.470. The van der Waals surface area contributed by atoms with E-state index in [-0.39, 0.29) is 6.61 Å². The second-order valence-electron chi connectivity index (χ2n) is 3.83. The lowest BCUT2D eigenvalue weighted by atomic mass is 10.4. The van der Waals surface area contributed by atoms with E-state index in [9.17, 15) is 8.42 Å². The molecule has 1 atom stereocenters. The first-order valence-electron chi connectivity index (χ1n) is 5.49. The van der Waals surface area contributed by atoms with Gasteiger partial charge in [-0.15, -0.1) is 11.3 Å². The maximum Gasteiger partial charge on any atom is 0.254 e. The van der Waals surface area contributed by atoms with Gasteiger partial charge in [0.1, 0.15) is 4.21 Å². The van der Waals surface area contributed by atoms with E-state index in [1.807, 2.05) is 13.0 Å². The highest BCUT2D eigenvalue weighted by molar-refractivity contribution is 7.91. The number of sulfonamides is 1. The number of nitrogens with two attached hydrogens (primary N) is 1. The third-order valence-electron chi connectivity index (χ3n) is 2.66. The zero-order valence-corrected chi connectivity index (χ0v) is 11.3. The lowest BCUT2D eigenvalue weighted by Gasteiger charge is -2.31. The fourth-order valence-electron chi connectivity index (χ4n) is 1.71. The Morgan fingerprint density at radius 2 is 2.35 bits per heavy atom. The van der Waals surface area contributed by atoms with Gasteiger partial charge < -0.3 is 10.5 Å². The van der Waals surface area contributed by atoms with Gasteiger partial charge in [0.25, 0.3) is 10.0 Å². The normalized spacial score (nSPS) is 22.8. The van der Waals surface area contributed by atoms with Crippen LogP contribution in [0.1, 0.15) is 11.8 Å². The fraction of sp³-hybridized carbons (Fsp3) is 0.600. The van der Waals surface area contributed by atoms with E-state index < -0.39 is 16.2 Å². The summed E-state index contributed by atoms with van der Waals surface area (Å²) in [6, 6.07) is 3.50. The number of aryl methyl sites for hydroxylation is 1. The Bertz CT molecular complexity index is 483. The van der Waals surface area contributed by atoms with Crippen LogP contribution in [0.25, 0.3) is 0 Å². The van der Waals surface area contributed by atoms with E-state index in [2.05, 4.69) is 0 Å². The molecule has 7 heteroatoms. The molecular formula is C10H16N2O3S2. The van der Waals surface area contributed by atoms with Crippen LogP contribution in [0.3, 0.4) is 0 Å². The van der Waals surface area contributed by atoms with Gasteiger partial charge in [-0.2, -0.15) is 4.31 Å². The summed E-state index contributed by atoms with van der Waals surface area (Å²) in [7, 11) is -3.45. The lowest BCUT2D eigenvalue weighted by molar-refractivity contribution is 0.0351. The van der Waals surface area contributed by atoms with Gasteiger partial charge in [-0.3, -0.25) is 0 Å². The standard InChI is InChI=1S/C10H16N2O3S2/c1-2-8-3-4-10(16-8)17(13,14)12-5-6-15-7-9(12)11/h3-4,9H,2,5-7,11H2,1H3. The average molecular weight is 276 g/mol. The predicted molar refractivity (Wildman–Crippen MR) is 66.4 cm³/mol. The Morgan fingerprint density at radius 3 is 2.94 bits per heavy atom. The van der Waals surface area contributed by atoms with Gasteiger partial charge in [-0.1, -0.05) is 6.92 Å². The van der Waals surface area contributed by atoms with Crippen LogP contribution in [0.4, 0.5) is 0 Å². The summed E-state index contributed by atoms with van der Waals surface area (Å²) in [5.41, 5.74) is 5.77. The molecule has 1 aromatic heterocycles. The van der Waals surface area contributed by atoms with Crippen LogP contribution in [0, 0.1) is 0 Å². The van der Waals surface area contributed by atoms with Gasteiger partial charge in [0.05, 0.1) is 19.4 Å². The molecule has 1 fully saturated rings. The van der Waals surface area contributed by atoms with Gasteiger partial charge in [0, 0.05) is 11.4 Å². The van der Waals surface area contributed by atoms with Crippen molar-refractivity contribution in [2.45, 2.75) is 23.7 Å². The molecule has 5 nitrogen and oxygen atoms in total. The number of rotatable bonds is 3. The van der Waals surface area contributed by atoms with Crippen LogP contribution in [0.15, 0.2) is 16.3 Å². The maximum atomic E-state index is 12.3. The Kier molecular flexibility index (Phi) is 3.84. The SMILES string of the molecule is CCc1ccc(S(=O)(=O)N2CCOCC2N)s1. The average Bonchev–Trinajstić information content (AvgIpc) is 2.78. The largest absolute Gasteiger partial charge is 0.377 e. The minimum atomic E-state index is -3.45. The number of nitrogens with zero attached hydrogens (tertiary/aromatic N) is 1. The topological polar surface area (TPSA) is 72.6 Å². The molecule has 0 aromatic carbocycles. The first-order valence-corrected chi connectivity index (χ1v) is 7.75. The summed E-state index contributed by atoms with van der Waals surface area (Å²) in [5.74, 6) is 0. The molecule has 2 N–H and O–H groups in total. The van der Waals surface area contributed by atoms with Gasteiger partial charge in [0.2, 0.25) is 0 Å². The smallest absolute Gasteiger partial charge is 0.254 e. The Balaban J connectivity index is 2.28. The highest BCUT2D eigenvalue weighted by Gasteiger charge is 2.32. The highest BCUT2D eigenvalue weighted by Crippen LogP contribution is 2.26. The molecule has 0 amide bonds. The number of morpholine rings is 1. The van der Waals surface area contributed by atoms with E-state index in [0.29, 0.717) is 17.4 Å². The van der Waals surface area contributed by atoms with E-state index in [1.165, 1.54) is 15.6 Å². The second-order valence-corrected chi connectivity index (χ2v) is 7.12. The summed E-state index contributed by atoms with van der Waals surface area (Å²) >= 11 is 1.31. The van der Waals surface area contributed by atoms with Crippen molar-refractivity contribution < 1.29 is 13.2 Å². The third kappa shape index (κ3) is 2.53. The van der Waals surface area contributed by atoms with Crippen molar-refractivity contribution in [2.75, 3.05) is 19.8 Å². The molecule has 1 aliphatic heterocycles. The minimum absolute atomic E-state index is 0.255. The summed E-state index contributed by atoms with van der Waals surface area (Å²) in [4.78, 5) is 1.06. The van der Waals surface area contributed by atoms with Crippen molar-refractivity contribution in [3.05, 3.63) is 17.0 Å². The van der Waals surface area contributed by atoms with E-state index in [0.717, 1.165) is 11.3 Å². The zero-order valence-electron chi connectivity index (χ0n) is 9.63. The van der Waals surface area contributed by atoms with Gasteiger partial charge in [-0.25, -0.2) is 8.42 Å². The van der Waals surface area contributed by atoms with Gasteiger partial charge in [0.15, 0.2) is 0 Å². The van der Waals surface area contributed by atoms with Crippen LogP contribution in [-0.2, 0) is 21.2 Å². The Labute approximate surface area is 105 Å². The quantitative estimate of drug-likeness (QED) is 0.878. The van der Waals surface area contributed by atoms with E-state index in [1.54, 1.807) is 6.07 Å². The minimum Gasteiger partial charge on any atom is -0.377 e. The molecule has 0 radical (unpaired) electrons. The molecule has 17 heavy (non-hydrogen) atoms. The molecule has 0 aliphatic carbocycles. The summed E-state index contributed by atoms with van der Waals surface area (Å²) in [6.45, 7) is 2.98. The van der Waals surface area contributed by atoms with Crippen molar-refractivity contribution in [1.29, 1.82) is 0 Å². The highest BCUT2D eigenvalue weighted by atomic mass is 32.2. The molecule has 1 aromatic rings. The zero-order chi connectivity index (χ0) is 12.5. The van der Waals surface area contributed by atoms with Crippen LogP contribution < -0.4 is 5.73 Å². The molecular weight excluding hydrogens is 260 g/mol. The maximum absolute atomic E-state index is 12.3. The van der Waals surface area contributed by atoms with Crippen molar-refractivity contribution in [3.63, 3.8) is 0 Å². The van der Waals surface area contributed by atoms with Crippen LogP contribution in [-0.4, -0.2) is 38.6 Å². The first kappa shape index (κ1) is 13.0. The summed E-state index contributed by atoms with van der Waals surface area (Å²) in [6.07, 6.45) is 0.260. The molecule has 0 bridgehead atoms. The number of hydrogen-bond donors (Lipinski definition) is 1. The van der Waals surface area contributed by atoms with Crippen LogP contribution in [0.2, 0.25) is 0 Å². The lowest BCUT2D eigenvalue weighted by Crippen LogP contribution is -2.53. The Morgan fingerprint density at radius 1 is 1.59 bits per heavy atom. The van der Waals surface area contributed by atoms with Crippen LogP contribution >= 0.6 is 11.3 Å². The van der Waals surface area contributed by atoms with Gasteiger partial charge in [-0.05, 0) is 18.6 Å². The molecule has 2 rings (SSSR count). The molecule has 0 spiro atoms. The van der Waals surface area contributed by atoms with E-state index >= 15 is 0 Å². The molecule has 1 aliphatic rings. The van der Waals surface area contributed by atoms with E-state index in [4.69, 9.17) is 10.5 Å². The molecule has 96 valence electrons. The molecule has 2 heterocycles. The van der Waals surface area contributed by atoms with Crippen molar-refractivity contribution >= 4 is 21.4 Å². The van der Waals surface area contributed by atoms with Crippen molar-refractivity contribution in [3.8, 4) is 0 Å². The second kappa shape index (κ2) is 5.03. The van der Waals surface area contributed by atoms with Crippen molar-refractivity contribution in [1.82, 2.24) is 4.31 Å². The predicted octanol–water partition coefficient (Wildman–Crippen LogP) is 0.616. The molecule has 0 saturated carbocycles. The summed E-state index contributed by atoms with van der Waals surface area (Å²) < 4.78 is 31.5. The van der Waals surface area contributed by atoms with Gasteiger partial charge >= 0.3 is 0 Å². The molecule has 1 saturated heterocycles. The third-order valence-corrected chi connectivity index (χ3v) is 6.28. The monoisotopic (exact) mass is 276 g/mol. The number of thiophene rings is 1. The number of ether oxygens (including phenoxy) is 1.